The molecule has 2 N–H and O–H groups in total. The first-order valence-corrected chi connectivity index (χ1v) is 5.60. The fourth-order valence-electron chi connectivity index (χ4n) is 2.03. The summed E-state index contributed by atoms with van der Waals surface area (Å²) >= 11 is 0. The average Bonchev–Trinajstić information content (AvgIpc) is 2.63. The molecular formula is C13H15NO2. The van der Waals surface area contributed by atoms with E-state index < -0.39 is 5.97 Å². The molecule has 0 bridgehead atoms. The van der Waals surface area contributed by atoms with Gasteiger partial charge in [0.2, 0.25) is 0 Å². The van der Waals surface area contributed by atoms with E-state index in [1.165, 1.54) is 31.8 Å². The van der Waals surface area contributed by atoms with Gasteiger partial charge in [0.25, 0.3) is 0 Å². The molecule has 0 saturated heterocycles. The minimum Gasteiger partial charge on any atom is -0.478 e. The van der Waals surface area contributed by atoms with Crippen LogP contribution in [0, 0.1) is 0 Å². The first-order chi connectivity index (χ1) is 7.75. The van der Waals surface area contributed by atoms with Crippen molar-refractivity contribution in [1.82, 2.24) is 5.32 Å². The molecule has 0 unspecified atom stereocenters. The van der Waals surface area contributed by atoms with Crippen molar-refractivity contribution in [2.45, 2.75) is 31.7 Å². The van der Waals surface area contributed by atoms with E-state index in [9.17, 15) is 4.79 Å². The lowest BCUT2D eigenvalue weighted by molar-refractivity contribution is -0.132. The second-order valence-electron chi connectivity index (χ2n) is 4.13. The highest BCUT2D eigenvalue weighted by Crippen LogP contribution is 2.19. The fourth-order valence-corrected chi connectivity index (χ4v) is 2.03. The third-order valence-electron chi connectivity index (χ3n) is 2.89. The van der Waals surface area contributed by atoms with Crippen LogP contribution >= 0.6 is 0 Å². The van der Waals surface area contributed by atoms with E-state index in [2.05, 4.69) is 11.0 Å². The van der Waals surface area contributed by atoms with Crippen molar-refractivity contribution in [3.63, 3.8) is 0 Å². The van der Waals surface area contributed by atoms with Gasteiger partial charge in [-0.25, -0.2) is 4.79 Å². The van der Waals surface area contributed by atoms with Crippen LogP contribution in [0.1, 0.15) is 25.7 Å². The van der Waals surface area contributed by atoms with Gasteiger partial charge in [0.05, 0.1) is 5.57 Å². The van der Waals surface area contributed by atoms with Gasteiger partial charge in [0.15, 0.2) is 0 Å². The van der Waals surface area contributed by atoms with Gasteiger partial charge in [-0.3, -0.25) is 0 Å². The largest absolute Gasteiger partial charge is 0.478 e. The molecule has 1 fully saturated rings. The highest BCUT2D eigenvalue weighted by Gasteiger charge is 2.14. The molecule has 3 heteroatoms. The standard InChI is InChI=1S/C13H15NO2/c15-13(16)10-4-3-7-12(9-8-10)14-11-5-1-2-6-11/h4,7-9,11,14H,1-2,5-6H2,(H,15,16). The number of aliphatic carboxylic acids is 1. The monoisotopic (exact) mass is 217 g/mol. The number of carboxylic acids is 1. The van der Waals surface area contributed by atoms with Gasteiger partial charge < -0.3 is 10.4 Å². The van der Waals surface area contributed by atoms with Crippen molar-refractivity contribution < 1.29 is 9.90 Å². The number of rotatable bonds is 3. The Balaban J connectivity index is 2.06. The van der Waals surface area contributed by atoms with E-state index in [1.54, 1.807) is 18.2 Å². The van der Waals surface area contributed by atoms with Crippen LogP contribution in [0.4, 0.5) is 0 Å². The van der Waals surface area contributed by atoms with Crippen molar-refractivity contribution in [3.8, 4) is 0 Å². The minimum atomic E-state index is -0.917. The number of hydrogen-bond donors (Lipinski definition) is 2. The molecular weight excluding hydrogens is 202 g/mol. The van der Waals surface area contributed by atoms with Crippen LogP contribution in [0.5, 0.6) is 0 Å². The Hall–Kier alpha value is -1.73. The lowest BCUT2D eigenvalue weighted by Gasteiger charge is -2.12. The predicted molar refractivity (Wildman–Crippen MR) is 61.8 cm³/mol. The second-order valence-corrected chi connectivity index (χ2v) is 4.13. The van der Waals surface area contributed by atoms with Gasteiger partial charge in [-0.1, -0.05) is 12.8 Å². The van der Waals surface area contributed by atoms with E-state index in [4.69, 9.17) is 5.11 Å². The smallest absolute Gasteiger partial charge is 0.336 e. The number of nitrogens with one attached hydrogen (secondary N) is 1. The van der Waals surface area contributed by atoms with Gasteiger partial charge in [-0.15, -0.1) is 5.73 Å². The molecule has 16 heavy (non-hydrogen) atoms. The second kappa shape index (κ2) is 4.86. The van der Waals surface area contributed by atoms with Gasteiger partial charge in [0.1, 0.15) is 0 Å². The summed E-state index contributed by atoms with van der Waals surface area (Å²) in [6, 6.07) is 0.532. The molecule has 0 aromatic heterocycles. The normalized spacial score (nSPS) is 20.2. The van der Waals surface area contributed by atoms with Crippen molar-refractivity contribution in [3.05, 3.63) is 41.3 Å². The maximum atomic E-state index is 10.8. The Morgan fingerprint density at radius 3 is 2.75 bits per heavy atom. The Morgan fingerprint density at radius 2 is 2.06 bits per heavy atom. The quantitative estimate of drug-likeness (QED) is 0.712. The summed E-state index contributed by atoms with van der Waals surface area (Å²) in [6.07, 6.45) is 11.7. The van der Waals surface area contributed by atoms with Crippen LogP contribution in [0.2, 0.25) is 0 Å². The molecule has 2 aliphatic rings. The number of carbonyl (C=O) groups is 1. The molecule has 2 aliphatic carbocycles. The zero-order valence-electron chi connectivity index (χ0n) is 9.07. The predicted octanol–water partition coefficient (Wildman–Crippen LogP) is 2.14. The molecule has 2 rings (SSSR count). The Morgan fingerprint density at radius 1 is 1.31 bits per heavy atom. The lowest BCUT2D eigenvalue weighted by atomic mass is 10.2. The zero-order valence-corrected chi connectivity index (χ0v) is 9.07. The molecule has 1 saturated carbocycles. The van der Waals surface area contributed by atoms with Crippen LogP contribution in [0.25, 0.3) is 0 Å². The molecule has 0 atom stereocenters. The summed E-state index contributed by atoms with van der Waals surface area (Å²) in [5.74, 6) is -0.917. The molecule has 3 nitrogen and oxygen atoms in total. The molecule has 0 aromatic rings. The maximum Gasteiger partial charge on any atom is 0.336 e. The third-order valence-corrected chi connectivity index (χ3v) is 2.89. The summed E-state index contributed by atoms with van der Waals surface area (Å²) in [5.41, 5.74) is 4.08. The van der Waals surface area contributed by atoms with Gasteiger partial charge >= 0.3 is 5.97 Å². The third kappa shape index (κ3) is 2.65. The molecule has 0 aromatic carbocycles. The topological polar surface area (TPSA) is 49.3 Å². The van der Waals surface area contributed by atoms with Crippen LogP contribution < -0.4 is 5.32 Å². The first kappa shape index (κ1) is 10.8. The summed E-state index contributed by atoms with van der Waals surface area (Å²) in [4.78, 5) is 10.8. The molecule has 0 spiro atoms. The summed E-state index contributed by atoms with van der Waals surface area (Å²) in [6.45, 7) is 0. The number of carboxylic acid groups (broad SMARTS) is 1. The molecule has 0 radical (unpaired) electrons. The van der Waals surface area contributed by atoms with Crippen molar-refractivity contribution in [2.75, 3.05) is 0 Å². The number of allylic oxidation sites excluding steroid dienone is 3. The molecule has 84 valence electrons. The van der Waals surface area contributed by atoms with Crippen LogP contribution in [-0.4, -0.2) is 17.1 Å². The van der Waals surface area contributed by atoms with Crippen LogP contribution in [0.3, 0.4) is 0 Å². The summed E-state index contributed by atoms with van der Waals surface area (Å²) in [5, 5.41) is 12.2. The van der Waals surface area contributed by atoms with Gasteiger partial charge in [-0.2, -0.15) is 0 Å². The van der Waals surface area contributed by atoms with E-state index in [1.807, 2.05) is 0 Å². The van der Waals surface area contributed by atoms with Crippen LogP contribution in [0.15, 0.2) is 41.3 Å². The van der Waals surface area contributed by atoms with Crippen molar-refractivity contribution >= 4 is 5.97 Å². The Labute approximate surface area is 94.9 Å². The van der Waals surface area contributed by atoms with E-state index in [0.717, 1.165) is 5.70 Å². The highest BCUT2D eigenvalue weighted by atomic mass is 16.4. The van der Waals surface area contributed by atoms with Gasteiger partial charge in [0, 0.05) is 17.8 Å². The zero-order chi connectivity index (χ0) is 11.4. The van der Waals surface area contributed by atoms with Crippen molar-refractivity contribution in [2.24, 2.45) is 0 Å². The molecule has 0 amide bonds. The lowest BCUT2D eigenvalue weighted by Crippen LogP contribution is -2.24. The first-order valence-electron chi connectivity index (χ1n) is 5.60. The number of hydrogen-bond acceptors (Lipinski definition) is 2. The summed E-state index contributed by atoms with van der Waals surface area (Å²) < 4.78 is 0. The Bertz CT molecular complexity index is 406. The van der Waals surface area contributed by atoms with E-state index in [0.29, 0.717) is 6.04 Å². The van der Waals surface area contributed by atoms with Crippen LogP contribution in [-0.2, 0) is 4.79 Å². The minimum absolute atomic E-state index is 0.263. The molecule has 0 aliphatic heterocycles. The fraction of sp³-hybridized carbons (Fsp3) is 0.385. The summed E-state index contributed by atoms with van der Waals surface area (Å²) in [7, 11) is 0. The van der Waals surface area contributed by atoms with E-state index >= 15 is 0 Å². The van der Waals surface area contributed by atoms with Gasteiger partial charge in [-0.05, 0) is 31.1 Å². The molecule has 0 heterocycles. The Kier molecular flexibility index (Phi) is 3.28. The average molecular weight is 217 g/mol. The van der Waals surface area contributed by atoms with Crippen molar-refractivity contribution in [1.29, 1.82) is 0 Å². The highest BCUT2D eigenvalue weighted by molar-refractivity contribution is 5.90. The SMILES string of the molecule is O=C(O)C1=CC=C(NC2CCCC2)C=C=C1. The maximum absolute atomic E-state index is 10.8. The van der Waals surface area contributed by atoms with E-state index in [-0.39, 0.29) is 5.57 Å².